The van der Waals surface area contributed by atoms with Crippen LogP contribution in [0.25, 0.3) is 10.9 Å². The molecule has 0 aliphatic rings. The number of carbonyl (C=O) groups excluding carboxylic acids is 1. The number of aryl methyl sites for hydroxylation is 2. The van der Waals surface area contributed by atoms with Gasteiger partial charge < -0.3 is 14.8 Å². The molecule has 0 radical (unpaired) electrons. The number of benzene rings is 2. The summed E-state index contributed by atoms with van der Waals surface area (Å²) >= 11 is 0. The van der Waals surface area contributed by atoms with Gasteiger partial charge in [-0.3, -0.25) is 4.79 Å². The molecule has 0 saturated heterocycles. The smallest absolute Gasteiger partial charge is 0.251 e. The second-order valence-electron chi connectivity index (χ2n) is 6.36. The number of fused-ring (bicyclic) bond motifs is 1. The fourth-order valence-corrected chi connectivity index (χ4v) is 2.84. The normalized spacial score (nSPS) is 10.8. The number of hydrogen-bond donors (Lipinski definition) is 1. The fourth-order valence-electron chi connectivity index (χ4n) is 2.84. The topological polar surface area (TPSA) is 37.3 Å². The summed E-state index contributed by atoms with van der Waals surface area (Å²) in [7, 11) is 6.03. The molecule has 0 unspecified atom stereocenters. The van der Waals surface area contributed by atoms with Crippen LogP contribution in [0, 0.1) is 6.92 Å². The van der Waals surface area contributed by atoms with Crippen molar-refractivity contribution in [3.63, 3.8) is 0 Å². The van der Waals surface area contributed by atoms with Gasteiger partial charge in [-0.2, -0.15) is 0 Å². The molecule has 2 aromatic carbocycles. The van der Waals surface area contributed by atoms with E-state index in [2.05, 4.69) is 48.1 Å². The minimum Gasteiger partial charge on any atom is -0.378 e. The van der Waals surface area contributed by atoms with Gasteiger partial charge in [0.1, 0.15) is 0 Å². The molecule has 0 atom stereocenters. The Bertz CT molecular complexity index is 876. The van der Waals surface area contributed by atoms with Crippen molar-refractivity contribution in [3.8, 4) is 0 Å². The summed E-state index contributed by atoms with van der Waals surface area (Å²) in [5.41, 5.74) is 5.30. The van der Waals surface area contributed by atoms with Gasteiger partial charge in [0.2, 0.25) is 0 Å². The lowest BCUT2D eigenvalue weighted by atomic mass is 10.1. The van der Waals surface area contributed by atoms with Gasteiger partial charge in [-0.25, -0.2) is 0 Å². The molecule has 1 amide bonds. The zero-order valence-electron chi connectivity index (χ0n) is 14.6. The molecule has 4 heteroatoms. The Labute approximate surface area is 142 Å². The van der Waals surface area contributed by atoms with E-state index in [0.29, 0.717) is 12.1 Å². The Morgan fingerprint density at radius 3 is 2.46 bits per heavy atom. The predicted molar refractivity (Wildman–Crippen MR) is 99.6 cm³/mol. The number of carbonyl (C=O) groups is 1. The molecular weight excluding hydrogens is 298 g/mol. The van der Waals surface area contributed by atoms with Crippen LogP contribution in [-0.4, -0.2) is 24.6 Å². The average Bonchev–Trinajstić information content (AvgIpc) is 2.86. The van der Waals surface area contributed by atoms with Crippen molar-refractivity contribution in [2.45, 2.75) is 13.5 Å². The van der Waals surface area contributed by atoms with Crippen LogP contribution in [0.4, 0.5) is 5.69 Å². The maximum Gasteiger partial charge on any atom is 0.251 e. The molecule has 4 nitrogen and oxygen atoms in total. The van der Waals surface area contributed by atoms with Crippen molar-refractivity contribution in [2.24, 2.45) is 7.05 Å². The molecular formula is C20H23N3O. The van der Waals surface area contributed by atoms with E-state index in [1.165, 1.54) is 16.6 Å². The van der Waals surface area contributed by atoms with E-state index in [1.807, 2.05) is 43.3 Å². The highest BCUT2D eigenvalue weighted by Crippen LogP contribution is 2.20. The first kappa shape index (κ1) is 16.1. The number of hydrogen-bond acceptors (Lipinski definition) is 2. The Hall–Kier alpha value is -2.75. The van der Waals surface area contributed by atoms with Crippen LogP contribution in [-0.2, 0) is 13.6 Å². The molecule has 1 N–H and O–H groups in total. The zero-order valence-corrected chi connectivity index (χ0v) is 14.6. The van der Waals surface area contributed by atoms with Gasteiger partial charge in [-0.1, -0.05) is 6.07 Å². The maximum absolute atomic E-state index is 12.3. The Morgan fingerprint density at radius 1 is 1.08 bits per heavy atom. The van der Waals surface area contributed by atoms with Crippen molar-refractivity contribution in [2.75, 3.05) is 19.0 Å². The fraction of sp³-hybridized carbons (Fsp3) is 0.250. The third-order valence-corrected chi connectivity index (χ3v) is 4.45. The molecule has 1 heterocycles. The van der Waals surface area contributed by atoms with Crippen LogP contribution >= 0.6 is 0 Å². The third-order valence-electron chi connectivity index (χ3n) is 4.45. The van der Waals surface area contributed by atoms with Crippen molar-refractivity contribution in [3.05, 3.63) is 65.4 Å². The number of anilines is 1. The van der Waals surface area contributed by atoms with Gasteiger partial charge in [-0.05, 0) is 55.0 Å². The van der Waals surface area contributed by atoms with Crippen LogP contribution < -0.4 is 10.2 Å². The molecule has 0 saturated carbocycles. The van der Waals surface area contributed by atoms with Gasteiger partial charge in [0.25, 0.3) is 5.91 Å². The first-order chi connectivity index (χ1) is 11.5. The highest BCUT2D eigenvalue weighted by atomic mass is 16.1. The summed E-state index contributed by atoms with van der Waals surface area (Å²) in [5.74, 6) is -0.0513. The lowest BCUT2D eigenvalue weighted by molar-refractivity contribution is 0.0951. The molecule has 1 aromatic heterocycles. The second kappa shape index (κ2) is 6.40. The summed E-state index contributed by atoms with van der Waals surface area (Å²) < 4.78 is 2.17. The third kappa shape index (κ3) is 3.13. The van der Waals surface area contributed by atoms with Crippen LogP contribution in [0.1, 0.15) is 21.6 Å². The number of nitrogens with one attached hydrogen (secondary N) is 1. The van der Waals surface area contributed by atoms with Crippen molar-refractivity contribution >= 4 is 22.5 Å². The molecule has 24 heavy (non-hydrogen) atoms. The van der Waals surface area contributed by atoms with Crippen LogP contribution in [0.3, 0.4) is 0 Å². The van der Waals surface area contributed by atoms with Crippen molar-refractivity contribution < 1.29 is 4.79 Å². The lowest BCUT2D eigenvalue weighted by Crippen LogP contribution is -2.22. The molecule has 124 valence electrons. The quantitative estimate of drug-likeness (QED) is 0.799. The highest BCUT2D eigenvalue weighted by molar-refractivity contribution is 5.94. The molecule has 0 aliphatic carbocycles. The van der Waals surface area contributed by atoms with Crippen molar-refractivity contribution in [1.29, 1.82) is 0 Å². The largest absolute Gasteiger partial charge is 0.378 e. The maximum atomic E-state index is 12.3. The van der Waals surface area contributed by atoms with E-state index in [9.17, 15) is 4.79 Å². The Morgan fingerprint density at radius 2 is 1.79 bits per heavy atom. The first-order valence-electron chi connectivity index (χ1n) is 8.06. The number of aromatic nitrogens is 1. The minimum atomic E-state index is -0.0513. The summed E-state index contributed by atoms with van der Waals surface area (Å²) in [6, 6.07) is 16.1. The predicted octanol–water partition coefficient (Wildman–Crippen LogP) is 3.48. The first-order valence-corrected chi connectivity index (χ1v) is 8.06. The standard InChI is InChI=1S/C20H23N3O/c1-14-11-17-12-15(5-10-19(17)23(14)4)13-21-20(24)16-6-8-18(9-7-16)22(2)3/h5-12H,13H2,1-4H3,(H,21,24). The molecule has 0 fully saturated rings. The molecule has 3 rings (SSSR count). The molecule has 0 spiro atoms. The van der Waals surface area contributed by atoms with E-state index < -0.39 is 0 Å². The Kier molecular flexibility index (Phi) is 4.30. The van der Waals surface area contributed by atoms with Gasteiger partial charge >= 0.3 is 0 Å². The highest BCUT2D eigenvalue weighted by Gasteiger charge is 2.07. The molecule has 3 aromatic rings. The summed E-state index contributed by atoms with van der Waals surface area (Å²) in [5, 5.41) is 4.20. The summed E-state index contributed by atoms with van der Waals surface area (Å²) in [6.45, 7) is 2.62. The van der Waals surface area contributed by atoms with Crippen LogP contribution in [0.15, 0.2) is 48.5 Å². The number of nitrogens with zero attached hydrogens (tertiary/aromatic N) is 2. The van der Waals surface area contributed by atoms with E-state index in [0.717, 1.165) is 11.3 Å². The number of amides is 1. The van der Waals surface area contributed by atoms with Crippen molar-refractivity contribution in [1.82, 2.24) is 9.88 Å². The van der Waals surface area contributed by atoms with Gasteiger partial charge in [0.05, 0.1) is 0 Å². The zero-order chi connectivity index (χ0) is 17.3. The second-order valence-corrected chi connectivity index (χ2v) is 6.36. The van der Waals surface area contributed by atoms with E-state index in [-0.39, 0.29) is 5.91 Å². The van der Waals surface area contributed by atoms with Gasteiger partial charge in [-0.15, -0.1) is 0 Å². The average molecular weight is 321 g/mol. The monoisotopic (exact) mass is 321 g/mol. The SMILES string of the molecule is Cc1cc2cc(CNC(=O)c3ccc(N(C)C)cc3)ccc2n1C. The van der Waals surface area contributed by atoms with Crippen LogP contribution in [0.5, 0.6) is 0 Å². The van der Waals surface area contributed by atoms with Crippen LogP contribution in [0.2, 0.25) is 0 Å². The molecule has 0 aliphatic heterocycles. The lowest BCUT2D eigenvalue weighted by Gasteiger charge is -2.12. The minimum absolute atomic E-state index is 0.0513. The van der Waals surface area contributed by atoms with Gasteiger partial charge in [0, 0.05) is 55.5 Å². The number of rotatable bonds is 4. The van der Waals surface area contributed by atoms with E-state index >= 15 is 0 Å². The molecule has 0 bridgehead atoms. The summed E-state index contributed by atoms with van der Waals surface area (Å²) in [6.07, 6.45) is 0. The van der Waals surface area contributed by atoms with E-state index in [4.69, 9.17) is 0 Å². The van der Waals surface area contributed by atoms with E-state index in [1.54, 1.807) is 0 Å². The Balaban J connectivity index is 1.69. The summed E-state index contributed by atoms with van der Waals surface area (Å²) in [4.78, 5) is 14.3. The van der Waals surface area contributed by atoms with Gasteiger partial charge in [0.15, 0.2) is 0 Å².